The molecule has 0 saturated carbocycles. The van der Waals surface area contributed by atoms with Gasteiger partial charge in [0.15, 0.2) is 5.13 Å². The Balaban J connectivity index is 1.59. The molecule has 4 amide bonds. The molecule has 0 spiro atoms. The van der Waals surface area contributed by atoms with Gasteiger partial charge in [-0.2, -0.15) is 5.01 Å². The van der Waals surface area contributed by atoms with Crippen LogP contribution in [0, 0.1) is 0 Å². The molecular formula is C19H25N7O3S. The van der Waals surface area contributed by atoms with E-state index in [1.54, 1.807) is 26.9 Å². The predicted octanol–water partition coefficient (Wildman–Crippen LogP) is 0.657. The summed E-state index contributed by atoms with van der Waals surface area (Å²) in [7, 11) is 1.57. The van der Waals surface area contributed by atoms with Crippen LogP contribution in [0.1, 0.15) is 18.9 Å². The second kappa shape index (κ2) is 8.07. The van der Waals surface area contributed by atoms with Gasteiger partial charge in [0.2, 0.25) is 11.8 Å². The summed E-state index contributed by atoms with van der Waals surface area (Å²) in [5.41, 5.74) is 7.57. The Bertz CT molecular complexity index is 994. The molecule has 2 aliphatic heterocycles. The fraction of sp³-hybridized carbons (Fsp3) is 0.474. The maximum absolute atomic E-state index is 12.8. The summed E-state index contributed by atoms with van der Waals surface area (Å²) in [6.07, 6.45) is 0.375. The standard InChI is InChI=1S/C19H25N7O3S/c1-3-7-25(19(29)21-2)26-11-16(28)24-10-15(27)23(9-14(24)26)8-12-5-4-6-13-17(12)22-18(20)30-13/h4-6,14H,3,7-11H2,1-2H3,(H2,20,22)(H,21,29)/t14-/m0/s1. The van der Waals surface area contributed by atoms with Crippen molar-refractivity contribution in [1.82, 2.24) is 30.1 Å². The third kappa shape index (κ3) is 3.54. The molecule has 160 valence electrons. The number of hydrazine groups is 1. The highest BCUT2D eigenvalue weighted by atomic mass is 32.1. The molecule has 2 aromatic rings. The van der Waals surface area contributed by atoms with E-state index in [1.165, 1.54) is 11.3 Å². The molecule has 1 aromatic heterocycles. The Hall–Kier alpha value is -2.92. The Morgan fingerprint density at radius 3 is 2.87 bits per heavy atom. The molecule has 2 saturated heterocycles. The largest absolute Gasteiger partial charge is 0.375 e. The van der Waals surface area contributed by atoms with Gasteiger partial charge in [-0.1, -0.05) is 30.4 Å². The van der Waals surface area contributed by atoms with Gasteiger partial charge in [-0.05, 0) is 18.1 Å². The molecule has 2 fully saturated rings. The van der Waals surface area contributed by atoms with Crippen molar-refractivity contribution in [3.63, 3.8) is 0 Å². The van der Waals surface area contributed by atoms with Crippen molar-refractivity contribution in [3.05, 3.63) is 23.8 Å². The van der Waals surface area contributed by atoms with Crippen LogP contribution in [0.5, 0.6) is 0 Å². The van der Waals surface area contributed by atoms with Crippen LogP contribution in [-0.2, 0) is 16.1 Å². The number of nitrogens with two attached hydrogens (primary N) is 1. The van der Waals surface area contributed by atoms with E-state index in [-0.39, 0.29) is 37.1 Å². The number of thiazole rings is 1. The lowest BCUT2D eigenvalue weighted by Gasteiger charge is -2.42. The number of rotatable bonds is 5. The number of carbonyl (C=O) groups is 3. The van der Waals surface area contributed by atoms with Crippen LogP contribution in [0.3, 0.4) is 0 Å². The third-order valence-electron chi connectivity index (χ3n) is 5.44. The van der Waals surface area contributed by atoms with Crippen molar-refractivity contribution in [2.45, 2.75) is 26.1 Å². The maximum atomic E-state index is 12.8. The van der Waals surface area contributed by atoms with E-state index in [1.807, 2.05) is 25.1 Å². The second-order valence-corrected chi connectivity index (χ2v) is 8.43. The Labute approximate surface area is 178 Å². The lowest BCUT2D eigenvalue weighted by atomic mass is 10.1. The van der Waals surface area contributed by atoms with E-state index in [2.05, 4.69) is 10.3 Å². The molecule has 10 nitrogen and oxygen atoms in total. The fourth-order valence-corrected chi connectivity index (χ4v) is 4.82. The number of hydrogen-bond acceptors (Lipinski definition) is 7. The number of fused-ring (bicyclic) bond motifs is 2. The van der Waals surface area contributed by atoms with Crippen LogP contribution >= 0.6 is 11.3 Å². The SMILES string of the molecule is CCCN(C(=O)NC)N1CC(=O)N2CC(=O)N(Cc3cccc4sc(N)nc34)C[C@@H]21. The van der Waals surface area contributed by atoms with Crippen molar-refractivity contribution in [2.75, 3.05) is 39.0 Å². The number of benzene rings is 1. The monoisotopic (exact) mass is 431 g/mol. The lowest BCUT2D eigenvalue weighted by molar-refractivity contribution is -0.149. The molecule has 2 aliphatic rings. The first-order valence-electron chi connectivity index (χ1n) is 9.89. The van der Waals surface area contributed by atoms with E-state index in [9.17, 15) is 14.4 Å². The summed E-state index contributed by atoms with van der Waals surface area (Å²) in [6, 6.07) is 5.55. The molecule has 1 atom stereocenters. The normalized spacial score (nSPS) is 19.5. The third-order valence-corrected chi connectivity index (χ3v) is 6.29. The number of urea groups is 1. The van der Waals surface area contributed by atoms with E-state index in [0.717, 1.165) is 22.2 Å². The highest BCUT2D eigenvalue weighted by Crippen LogP contribution is 2.29. The van der Waals surface area contributed by atoms with Crippen molar-refractivity contribution >= 4 is 44.5 Å². The van der Waals surface area contributed by atoms with Gasteiger partial charge in [-0.3, -0.25) is 14.6 Å². The number of aromatic nitrogens is 1. The van der Waals surface area contributed by atoms with Gasteiger partial charge in [0.05, 0.1) is 23.3 Å². The molecule has 0 bridgehead atoms. The van der Waals surface area contributed by atoms with Crippen molar-refractivity contribution in [1.29, 1.82) is 0 Å². The predicted molar refractivity (Wildman–Crippen MR) is 113 cm³/mol. The van der Waals surface area contributed by atoms with Gasteiger partial charge < -0.3 is 20.9 Å². The molecule has 30 heavy (non-hydrogen) atoms. The van der Waals surface area contributed by atoms with Crippen LogP contribution < -0.4 is 11.1 Å². The van der Waals surface area contributed by atoms with Gasteiger partial charge in [0, 0.05) is 20.1 Å². The Morgan fingerprint density at radius 2 is 2.13 bits per heavy atom. The summed E-state index contributed by atoms with van der Waals surface area (Å²) in [5.74, 6) is -0.268. The molecule has 1 aromatic carbocycles. The van der Waals surface area contributed by atoms with Crippen molar-refractivity contribution in [3.8, 4) is 0 Å². The molecule has 3 heterocycles. The van der Waals surface area contributed by atoms with E-state index < -0.39 is 0 Å². The minimum absolute atomic E-state index is 0.00287. The lowest BCUT2D eigenvalue weighted by Crippen LogP contribution is -2.62. The molecule has 3 N–H and O–H groups in total. The van der Waals surface area contributed by atoms with Gasteiger partial charge in [0.1, 0.15) is 12.7 Å². The van der Waals surface area contributed by atoms with Crippen LogP contribution in [0.2, 0.25) is 0 Å². The molecule has 11 heteroatoms. The Kier molecular flexibility index (Phi) is 5.48. The molecule has 0 aliphatic carbocycles. The van der Waals surface area contributed by atoms with Gasteiger partial charge in [0.25, 0.3) is 0 Å². The fourth-order valence-electron chi connectivity index (χ4n) is 4.04. The van der Waals surface area contributed by atoms with Crippen LogP contribution in [0.25, 0.3) is 10.2 Å². The van der Waals surface area contributed by atoms with Gasteiger partial charge >= 0.3 is 6.03 Å². The summed E-state index contributed by atoms with van der Waals surface area (Å²) < 4.78 is 0.975. The van der Waals surface area contributed by atoms with Crippen molar-refractivity contribution in [2.24, 2.45) is 0 Å². The summed E-state index contributed by atoms with van der Waals surface area (Å²) in [6.45, 7) is 3.24. The zero-order chi connectivity index (χ0) is 21.4. The highest BCUT2D eigenvalue weighted by molar-refractivity contribution is 7.22. The van der Waals surface area contributed by atoms with Crippen LogP contribution in [-0.4, -0.2) is 82.0 Å². The number of amides is 4. The van der Waals surface area contributed by atoms with Crippen molar-refractivity contribution < 1.29 is 14.4 Å². The summed E-state index contributed by atoms with van der Waals surface area (Å²) >= 11 is 1.41. The smallest absolute Gasteiger partial charge is 0.331 e. The number of piperazine rings is 1. The number of hydrogen-bond donors (Lipinski definition) is 2. The number of nitrogens with one attached hydrogen (secondary N) is 1. The second-order valence-electron chi connectivity index (χ2n) is 7.37. The number of nitrogen functional groups attached to an aromatic ring is 1. The average molecular weight is 432 g/mol. The Morgan fingerprint density at radius 1 is 1.33 bits per heavy atom. The number of anilines is 1. The zero-order valence-corrected chi connectivity index (χ0v) is 17.8. The molecule has 4 rings (SSSR count). The number of nitrogens with zero attached hydrogens (tertiary/aromatic N) is 5. The van der Waals surface area contributed by atoms with Crippen LogP contribution in [0.15, 0.2) is 18.2 Å². The minimum atomic E-state index is -0.376. The number of para-hydroxylation sites is 1. The average Bonchev–Trinajstić information content (AvgIpc) is 3.26. The maximum Gasteiger partial charge on any atom is 0.331 e. The summed E-state index contributed by atoms with van der Waals surface area (Å²) in [5, 5.41) is 6.46. The molecule has 0 radical (unpaired) electrons. The van der Waals surface area contributed by atoms with Gasteiger partial charge in [-0.15, -0.1) is 0 Å². The van der Waals surface area contributed by atoms with Gasteiger partial charge in [-0.25, -0.2) is 9.78 Å². The first-order valence-corrected chi connectivity index (χ1v) is 10.7. The summed E-state index contributed by atoms with van der Waals surface area (Å²) in [4.78, 5) is 45.5. The molecular weight excluding hydrogens is 406 g/mol. The first kappa shape index (κ1) is 20.4. The van der Waals surface area contributed by atoms with E-state index >= 15 is 0 Å². The van der Waals surface area contributed by atoms with Crippen LogP contribution in [0.4, 0.5) is 9.93 Å². The highest BCUT2D eigenvalue weighted by Gasteiger charge is 2.47. The zero-order valence-electron chi connectivity index (χ0n) is 17.0. The first-order chi connectivity index (χ1) is 14.4. The van der Waals surface area contributed by atoms with E-state index in [0.29, 0.717) is 24.8 Å². The molecule has 0 unspecified atom stereocenters. The van der Waals surface area contributed by atoms with E-state index in [4.69, 9.17) is 5.73 Å². The minimum Gasteiger partial charge on any atom is -0.375 e. The quantitative estimate of drug-likeness (QED) is 0.719. The topological polar surface area (TPSA) is 115 Å². The number of carbonyl (C=O) groups excluding carboxylic acids is 3.